The molecule has 3 aromatic rings. The van der Waals surface area contributed by atoms with Crippen molar-refractivity contribution in [3.63, 3.8) is 0 Å². The Bertz CT molecular complexity index is 1270. The van der Waals surface area contributed by atoms with Gasteiger partial charge in [-0.3, -0.25) is 27.8 Å². The van der Waals surface area contributed by atoms with Crippen LogP contribution in [0.15, 0.2) is 29.8 Å². The van der Waals surface area contributed by atoms with Gasteiger partial charge in [0.1, 0.15) is 19.0 Å². The predicted octanol–water partition coefficient (Wildman–Crippen LogP) is -5.65. The average Bonchev–Trinajstić information content (AvgIpc) is 3.37. The molecule has 0 aliphatic rings. The van der Waals surface area contributed by atoms with E-state index in [2.05, 4.69) is 23.8 Å². The fourth-order valence-corrected chi connectivity index (χ4v) is 5.14. The van der Waals surface area contributed by atoms with Crippen molar-refractivity contribution in [1.82, 2.24) is 23.9 Å². The largest absolute Gasteiger partial charge is 1.00 e. The number of aliphatic hydroxyl groups excluding tert-OH is 2. The molecule has 0 saturated heterocycles. The van der Waals surface area contributed by atoms with Gasteiger partial charge in [0.25, 0.3) is 11.5 Å². The molecule has 4 atom stereocenters. The minimum absolute atomic E-state index is 0. The van der Waals surface area contributed by atoms with Crippen molar-refractivity contribution in [3.05, 3.63) is 35.4 Å². The number of nitrogens with one attached hydrogen (secondary N) is 1. The zero-order chi connectivity index (χ0) is 24.4. The number of aromatic nitrogens is 6. The van der Waals surface area contributed by atoms with E-state index in [0.29, 0.717) is 4.34 Å². The molecular weight excluding hydrogens is 511 g/mol. The summed E-state index contributed by atoms with van der Waals surface area (Å²) in [6, 6.07) is 0. The molecule has 6 N–H and O–H groups in total. The van der Waals surface area contributed by atoms with E-state index in [1.165, 1.54) is 22.5 Å². The fraction of sp³-hybridized carbons (Fsp3) is 0.429. The van der Waals surface area contributed by atoms with Crippen LogP contribution in [0.5, 0.6) is 0 Å². The molecular formula is C14H21N7NaO10P2+. The second kappa shape index (κ2) is 11.5. The third kappa shape index (κ3) is 6.60. The van der Waals surface area contributed by atoms with E-state index in [0.717, 1.165) is 18.7 Å². The summed E-state index contributed by atoms with van der Waals surface area (Å²) in [4.78, 5) is 43.7. The van der Waals surface area contributed by atoms with Crippen LogP contribution in [0.4, 0.5) is 5.95 Å². The number of rotatable bonds is 11. The first-order valence-corrected chi connectivity index (χ1v) is 12.1. The van der Waals surface area contributed by atoms with Gasteiger partial charge in [-0.2, -0.15) is 0 Å². The molecule has 17 nitrogen and oxygen atoms in total. The Labute approximate surface area is 213 Å². The molecule has 0 aliphatic carbocycles. The molecule has 0 fully saturated rings. The number of ether oxygens (including phenoxy) is 1. The van der Waals surface area contributed by atoms with E-state index in [4.69, 9.17) is 10.5 Å². The van der Waals surface area contributed by atoms with Gasteiger partial charge >= 0.3 is 43.0 Å². The normalized spacial score (nSPS) is 17.0. The fourth-order valence-electron chi connectivity index (χ4n) is 2.80. The van der Waals surface area contributed by atoms with E-state index in [9.17, 15) is 33.9 Å². The van der Waals surface area contributed by atoms with E-state index >= 15 is 0 Å². The summed E-state index contributed by atoms with van der Waals surface area (Å²) in [5.74, 6) is -0.190. The van der Waals surface area contributed by atoms with Crippen LogP contribution in [0.2, 0.25) is 0 Å². The first kappa shape index (κ1) is 28.8. The van der Waals surface area contributed by atoms with Crippen LogP contribution in [0.1, 0.15) is 6.23 Å². The summed E-state index contributed by atoms with van der Waals surface area (Å²) in [6.45, 7) is -2.22. The molecule has 0 bridgehead atoms. The Kier molecular flexibility index (Phi) is 9.75. The van der Waals surface area contributed by atoms with Gasteiger partial charge in [-0.25, -0.2) is 18.4 Å². The quantitative estimate of drug-likeness (QED) is 0.0879. The number of nitrogens with two attached hydrogens (primary N) is 1. The number of aryl methyl sites for hydroxylation is 1. The molecule has 20 heteroatoms. The molecule has 2 unspecified atom stereocenters. The minimum atomic E-state index is -5.16. The van der Waals surface area contributed by atoms with Crippen LogP contribution in [-0.4, -0.2) is 64.9 Å². The topological polar surface area (TPSA) is 244 Å². The number of nitrogens with zero attached hydrogens (tertiary/aromatic N) is 5. The SMILES string of the molecule is Cn1c[n+]([C@@H](CO)O[C@@H](CO)COP(=O)(O)OP(=O)([O-])n2ccnc2)c2nc(N)[nH]c(=O)c21.[Na+]. The van der Waals surface area contributed by atoms with E-state index in [1.54, 1.807) is 0 Å². The van der Waals surface area contributed by atoms with Crippen LogP contribution in [0.25, 0.3) is 11.2 Å². The maximum atomic E-state index is 12.1. The number of hydrogen-bond acceptors (Lipinski definition) is 12. The number of phosphoric ester groups is 1. The van der Waals surface area contributed by atoms with Crippen LogP contribution in [-0.2, 0) is 29.7 Å². The molecule has 3 aromatic heterocycles. The second-order valence-electron chi connectivity index (χ2n) is 6.59. The maximum absolute atomic E-state index is 12.1. The van der Waals surface area contributed by atoms with Crippen molar-refractivity contribution in [3.8, 4) is 0 Å². The Morgan fingerprint density at radius 1 is 1.35 bits per heavy atom. The van der Waals surface area contributed by atoms with Crippen molar-refractivity contribution in [1.29, 1.82) is 0 Å². The number of fused-ring (bicyclic) bond motifs is 1. The molecule has 3 heterocycles. The first-order chi connectivity index (χ1) is 15.5. The van der Waals surface area contributed by atoms with E-state index < -0.39 is 53.3 Å². The number of phosphoric acid groups is 1. The molecule has 0 aliphatic heterocycles. The van der Waals surface area contributed by atoms with Gasteiger partial charge in [0.2, 0.25) is 19.5 Å². The molecule has 3 rings (SSSR count). The number of H-pyrrole nitrogens is 1. The third-order valence-electron chi connectivity index (χ3n) is 4.21. The summed E-state index contributed by atoms with van der Waals surface area (Å²) in [6.07, 6.45) is 1.75. The van der Waals surface area contributed by atoms with Crippen LogP contribution < -0.4 is 50.3 Å². The maximum Gasteiger partial charge on any atom is 1.00 e. The van der Waals surface area contributed by atoms with Gasteiger partial charge in [-0.1, -0.05) is 4.98 Å². The van der Waals surface area contributed by atoms with Gasteiger partial charge < -0.3 is 30.5 Å². The molecule has 0 saturated carbocycles. The van der Waals surface area contributed by atoms with Gasteiger partial charge in [0, 0.05) is 12.4 Å². The average molecular weight is 532 g/mol. The van der Waals surface area contributed by atoms with Crippen molar-refractivity contribution < 1.29 is 76.8 Å². The summed E-state index contributed by atoms with van der Waals surface area (Å²) in [5.41, 5.74) is 5.20. The Morgan fingerprint density at radius 3 is 2.65 bits per heavy atom. The van der Waals surface area contributed by atoms with Crippen LogP contribution >= 0.6 is 15.6 Å². The summed E-state index contributed by atoms with van der Waals surface area (Å²) >= 11 is 0. The number of aliphatic hydroxyl groups is 2. The van der Waals surface area contributed by atoms with Crippen LogP contribution in [0.3, 0.4) is 0 Å². The summed E-state index contributed by atoms with van der Waals surface area (Å²) < 4.78 is 41.5. The van der Waals surface area contributed by atoms with E-state index in [-0.39, 0.29) is 46.7 Å². The van der Waals surface area contributed by atoms with Gasteiger partial charge in [0.05, 0.1) is 20.3 Å². The number of imidazole rings is 2. The van der Waals surface area contributed by atoms with Crippen molar-refractivity contribution in [2.75, 3.05) is 25.6 Å². The smallest absolute Gasteiger partial charge is 0.761 e. The molecule has 0 radical (unpaired) electrons. The number of nitrogen functional groups attached to an aromatic ring is 1. The standard InChI is InChI=1S/C14H21N7O10P2.Na/c1-19-8-21(12-11(19)13(24)18-14(15)17-12)10(5-23)30-9(4-22)6-29-33(27,28)31-32(25,26)20-3-2-16-7-20;/h2-3,7-10,22-23H,4-6H2,1H3,(H4-,15,17,18,24,25,26,27,28);/q;+1/t9-,10+;/m0./s1. The molecule has 0 spiro atoms. The number of aromatic amines is 1. The Balaban J connectivity index is 0.00000408. The van der Waals surface area contributed by atoms with Gasteiger partial charge in [-0.05, 0) is 0 Å². The second-order valence-corrected chi connectivity index (χ2v) is 9.84. The molecule has 0 aromatic carbocycles. The molecule has 34 heavy (non-hydrogen) atoms. The molecule has 0 amide bonds. The zero-order valence-corrected chi connectivity index (χ0v) is 21.8. The number of anilines is 1. The van der Waals surface area contributed by atoms with Crippen molar-refractivity contribution >= 4 is 32.7 Å². The van der Waals surface area contributed by atoms with Crippen LogP contribution in [0, 0.1) is 0 Å². The van der Waals surface area contributed by atoms with Gasteiger partial charge in [0.15, 0.2) is 6.33 Å². The summed E-state index contributed by atoms with van der Waals surface area (Å²) in [5, 5.41) is 19.4. The minimum Gasteiger partial charge on any atom is -0.761 e. The molecule has 182 valence electrons. The Hall–Kier alpha value is -1.46. The predicted molar refractivity (Wildman–Crippen MR) is 106 cm³/mol. The Morgan fingerprint density at radius 2 is 2.06 bits per heavy atom. The van der Waals surface area contributed by atoms with Crippen molar-refractivity contribution in [2.45, 2.75) is 12.3 Å². The summed E-state index contributed by atoms with van der Waals surface area (Å²) in [7, 11) is -8.66. The third-order valence-corrected chi connectivity index (χ3v) is 7.14. The van der Waals surface area contributed by atoms with Crippen molar-refractivity contribution in [2.24, 2.45) is 7.05 Å². The van der Waals surface area contributed by atoms with E-state index in [1.807, 2.05) is 0 Å². The zero-order valence-electron chi connectivity index (χ0n) is 18.0. The van der Waals surface area contributed by atoms with Gasteiger partial charge in [-0.15, -0.1) is 0 Å². The first-order valence-electron chi connectivity index (χ1n) is 9.09. The number of hydrogen-bond donors (Lipinski definition) is 5. The monoisotopic (exact) mass is 532 g/mol.